The first kappa shape index (κ1) is 17.8. The second-order valence-electron chi connectivity index (χ2n) is 5.84. The van der Waals surface area contributed by atoms with Crippen molar-refractivity contribution in [1.29, 1.82) is 0 Å². The Morgan fingerprint density at radius 1 is 1.17 bits per heavy atom. The molecule has 2 aromatic rings. The van der Waals surface area contributed by atoms with Gasteiger partial charge in [-0.3, -0.25) is 4.79 Å². The van der Waals surface area contributed by atoms with Crippen LogP contribution >= 0.6 is 11.3 Å². The molecular formula is C17H21NO3S2. The normalized spacial score (nSPS) is 12.3. The molecule has 2 rings (SSSR count). The van der Waals surface area contributed by atoms with Gasteiger partial charge in [0.25, 0.3) is 0 Å². The van der Waals surface area contributed by atoms with E-state index < -0.39 is 14.8 Å². The lowest BCUT2D eigenvalue weighted by molar-refractivity contribution is 0.112. The van der Waals surface area contributed by atoms with Gasteiger partial charge in [0.05, 0.1) is 4.88 Å². The van der Waals surface area contributed by atoms with Crippen LogP contribution in [0.2, 0.25) is 0 Å². The average Bonchev–Trinajstić information content (AvgIpc) is 3.02. The highest BCUT2D eigenvalue weighted by molar-refractivity contribution is 7.90. The minimum Gasteiger partial charge on any atom is -0.297 e. The van der Waals surface area contributed by atoms with E-state index in [1.165, 1.54) is 11.3 Å². The molecule has 4 nitrogen and oxygen atoms in total. The maximum absolute atomic E-state index is 12.5. The van der Waals surface area contributed by atoms with E-state index in [9.17, 15) is 13.2 Å². The second kappa shape index (κ2) is 6.95. The van der Waals surface area contributed by atoms with Gasteiger partial charge in [0.1, 0.15) is 4.75 Å². The molecule has 0 bridgehead atoms. The topological polar surface area (TPSA) is 63.2 Å². The number of carbonyl (C=O) groups is 1. The number of aldehydes is 1. The van der Waals surface area contributed by atoms with Crippen LogP contribution in [0.5, 0.6) is 0 Å². The lowest BCUT2D eigenvalue weighted by Gasteiger charge is -2.25. The van der Waals surface area contributed by atoms with Gasteiger partial charge >= 0.3 is 0 Å². The van der Waals surface area contributed by atoms with Crippen molar-refractivity contribution >= 4 is 27.6 Å². The van der Waals surface area contributed by atoms with E-state index >= 15 is 0 Å². The van der Waals surface area contributed by atoms with Crippen molar-refractivity contribution in [2.45, 2.75) is 31.9 Å². The molecule has 0 radical (unpaired) electrons. The predicted octanol–water partition coefficient (Wildman–Crippen LogP) is 3.79. The van der Waals surface area contributed by atoms with Gasteiger partial charge in [-0.05, 0) is 48.4 Å². The molecule has 0 spiro atoms. The van der Waals surface area contributed by atoms with Crippen LogP contribution in [-0.2, 0) is 14.8 Å². The molecule has 0 amide bonds. The molecule has 1 N–H and O–H groups in total. The zero-order valence-corrected chi connectivity index (χ0v) is 15.1. The fraction of sp³-hybridized carbons (Fsp3) is 0.353. The van der Waals surface area contributed by atoms with Gasteiger partial charge in [0.15, 0.2) is 6.29 Å². The molecule has 0 saturated carbocycles. The monoisotopic (exact) mass is 351 g/mol. The van der Waals surface area contributed by atoms with E-state index in [1.807, 2.05) is 42.6 Å². The summed E-state index contributed by atoms with van der Waals surface area (Å²) in [6.07, 6.45) is 1.59. The van der Waals surface area contributed by atoms with Crippen LogP contribution in [-0.4, -0.2) is 21.2 Å². The predicted molar refractivity (Wildman–Crippen MR) is 95.4 cm³/mol. The first-order valence-electron chi connectivity index (χ1n) is 7.45. The van der Waals surface area contributed by atoms with Crippen LogP contribution in [0.4, 0.5) is 0 Å². The third-order valence-electron chi connectivity index (χ3n) is 3.86. The zero-order valence-electron chi connectivity index (χ0n) is 13.5. The summed E-state index contributed by atoms with van der Waals surface area (Å²) in [5.74, 6) is 0. The number of sulfonamides is 1. The van der Waals surface area contributed by atoms with E-state index in [0.717, 1.165) is 29.4 Å². The molecule has 124 valence electrons. The van der Waals surface area contributed by atoms with Gasteiger partial charge in [-0.25, -0.2) is 13.1 Å². The summed E-state index contributed by atoms with van der Waals surface area (Å²) in [6.45, 7) is 5.77. The first-order chi connectivity index (χ1) is 10.8. The maximum atomic E-state index is 12.5. The number of hydrogen-bond donors (Lipinski definition) is 1. The molecule has 1 aromatic carbocycles. The lowest BCUT2D eigenvalue weighted by Crippen LogP contribution is -2.39. The summed E-state index contributed by atoms with van der Waals surface area (Å²) >= 11 is 1.39. The molecule has 0 aliphatic heterocycles. The van der Waals surface area contributed by atoms with Crippen molar-refractivity contribution in [3.8, 4) is 11.1 Å². The molecule has 1 heterocycles. The van der Waals surface area contributed by atoms with Crippen molar-refractivity contribution in [1.82, 2.24) is 4.72 Å². The minimum absolute atomic E-state index is 0.438. The standard InChI is InChI=1S/C17H21NO3S2/c1-4-9-18-23(20,21)17(2,3)15-7-5-13(6-8-15)14-10-16(11-19)22-12-14/h5-8,10-12,18H,4,9H2,1-3H3. The summed E-state index contributed by atoms with van der Waals surface area (Å²) in [7, 11) is -3.45. The molecule has 0 atom stereocenters. The highest BCUT2D eigenvalue weighted by atomic mass is 32.2. The van der Waals surface area contributed by atoms with Crippen LogP contribution in [0.1, 0.15) is 42.4 Å². The Hall–Kier alpha value is -1.50. The lowest BCUT2D eigenvalue weighted by atomic mass is 9.99. The van der Waals surface area contributed by atoms with E-state index in [-0.39, 0.29) is 0 Å². The molecule has 0 aliphatic carbocycles. The Morgan fingerprint density at radius 2 is 1.83 bits per heavy atom. The van der Waals surface area contributed by atoms with E-state index in [2.05, 4.69) is 4.72 Å². The summed E-state index contributed by atoms with van der Waals surface area (Å²) in [4.78, 5) is 11.4. The highest BCUT2D eigenvalue weighted by Crippen LogP contribution is 2.31. The van der Waals surface area contributed by atoms with E-state index in [0.29, 0.717) is 11.4 Å². The molecule has 6 heteroatoms. The van der Waals surface area contributed by atoms with Crippen LogP contribution in [0, 0.1) is 0 Å². The second-order valence-corrected chi connectivity index (χ2v) is 9.10. The quantitative estimate of drug-likeness (QED) is 0.772. The summed E-state index contributed by atoms with van der Waals surface area (Å²) < 4.78 is 26.5. The molecule has 0 fully saturated rings. The van der Waals surface area contributed by atoms with Crippen LogP contribution in [0.25, 0.3) is 11.1 Å². The van der Waals surface area contributed by atoms with Gasteiger partial charge in [0.2, 0.25) is 10.0 Å². The minimum atomic E-state index is -3.45. The fourth-order valence-electron chi connectivity index (χ4n) is 2.20. The fourth-order valence-corrected chi connectivity index (χ4v) is 4.20. The van der Waals surface area contributed by atoms with Crippen molar-refractivity contribution in [3.05, 3.63) is 46.2 Å². The molecular weight excluding hydrogens is 330 g/mol. The Labute approximate surface area is 141 Å². The van der Waals surface area contributed by atoms with Crippen molar-refractivity contribution in [2.24, 2.45) is 0 Å². The average molecular weight is 351 g/mol. The van der Waals surface area contributed by atoms with Crippen LogP contribution in [0.15, 0.2) is 35.7 Å². The van der Waals surface area contributed by atoms with Gasteiger partial charge < -0.3 is 0 Å². The van der Waals surface area contributed by atoms with Crippen LogP contribution < -0.4 is 4.72 Å². The van der Waals surface area contributed by atoms with Gasteiger partial charge in [-0.1, -0.05) is 31.2 Å². The van der Waals surface area contributed by atoms with Crippen molar-refractivity contribution in [2.75, 3.05) is 6.54 Å². The van der Waals surface area contributed by atoms with E-state index in [4.69, 9.17) is 0 Å². The molecule has 0 aliphatic rings. The Morgan fingerprint density at radius 3 is 2.35 bits per heavy atom. The van der Waals surface area contributed by atoms with Crippen LogP contribution in [0.3, 0.4) is 0 Å². The SMILES string of the molecule is CCCNS(=O)(=O)C(C)(C)c1ccc(-c2csc(C=O)c2)cc1. The van der Waals surface area contributed by atoms with Gasteiger partial charge in [-0.15, -0.1) is 11.3 Å². The molecule has 23 heavy (non-hydrogen) atoms. The number of nitrogens with one attached hydrogen (secondary N) is 1. The number of benzene rings is 1. The largest absolute Gasteiger partial charge is 0.297 e. The summed E-state index contributed by atoms with van der Waals surface area (Å²) in [6, 6.07) is 9.28. The summed E-state index contributed by atoms with van der Waals surface area (Å²) in [5.41, 5.74) is 2.66. The highest BCUT2D eigenvalue weighted by Gasteiger charge is 2.35. The Bertz CT molecular complexity index is 774. The number of carbonyl (C=O) groups excluding carboxylic acids is 1. The maximum Gasteiger partial charge on any atom is 0.221 e. The number of rotatable bonds is 7. The van der Waals surface area contributed by atoms with E-state index in [1.54, 1.807) is 13.8 Å². The Balaban J connectivity index is 2.29. The number of hydrogen-bond acceptors (Lipinski definition) is 4. The van der Waals surface area contributed by atoms with Crippen molar-refractivity contribution in [3.63, 3.8) is 0 Å². The molecule has 0 saturated heterocycles. The van der Waals surface area contributed by atoms with Crippen molar-refractivity contribution < 1.29 is 13.2 Å². The summed E-state index contributed by atoms with van der Waals surface area (Å²) in [5, 5.41) is 1.92. The van der Waals surface area contributed by atoms with Gasteiger partial charge in [0, 0.05) is 6.54 Å². The molecule has 0 unspecified atom stereocenters. The zero-order chi connectivity index (χ0) is 17.1. The van der Waals surface area contributed by atoms with Gasteiger partial charge in [-0.2, -0.15) is 0 Å². The number of thiophene rings is 1. The third kappa shape index (κ3) is 3.71. The molecule has 1 aromatic heterocycles. The first-order valence-corrected chi connectivity index (χ1v) is 9.82. The third-order valence-corrected chi connectivity index (χ3v) is 6.88. The smallest absolute Gasteiger partial charge is 0.221 e. The Kier molecular flexibility index (Phi) is 5.39.